The molecule has 1 aromatic heterocycles. The molecule has 0 spiro atoms. The van der Waals surface area contributed by atoms with E-state index in [1.807, 2.05) is 7.05 Å². The Kier molecular flexibility index (Phi) is 4.83. The third-order valence-corrected chi connectivity index (χ3v) is 4.15. The van der Waals surface area contributed by atoms with Gasteiger partial charge >= 0.3 is 0 Å². The lowest BCUT2D eigenvalue weighted by atomic mass is 10.2. The molecule has 0 bridgehead atoms. The Morgan fingerprint density at radius 1 is 1.65 bits per heavy atom. The number of hydrogen-bond donors (Lipinski definition) is 1. The Morgan fingerprint density at radius 3 is 3.00 bits per heavy atom. The van der Waals surface area contributed by atoms with Crippen LogP contribution in [0.3, 0.4) is 0 Å². The van der Waals surface area contributed by atoms with Crippen LogP contribution in [0.5, 0.6) is 0 Å². The number of likely N-dealkylation sites (N-methyl/N-ethyl adjacent to an activating group) is 2. The molecule has 110 valence electrons. The molecule has 1 saturated heterocycles. The molecule has 1 aromatic rings. The molecule has 0 radical (unpaired) electrons. The molecule has 0 aliphatic carbocycles. The Hall–Kier alpha value is -1.33. The van der Waals surface area contributed by atoms with Crippen LogP contribution in [0, 0.1) is 0 Å². The van der Waals surface area contributed by atoms with E-state index in [-0.39, 0.29) is 5.91 Å². The lowest BCUT2D eigenvalue weighted by molar-refractivity contribution is 0.0761. The normalized spacial score (nSPS) is 19.1. The quantitative estimate of drug-likeness (QED) is 0.922. The van der Waals surface area contributed by atoms with E-state index < -0.39 is 0 Å². The molecule has 0 aromatic carbocycles. The summed E-state index contributed by atoms with van der Waals surface area (Å²) in [5, 5.41) is 3.31. The van der Waals surface area contributed by atoms with Crippen LogP contribution < -0.4 is 5.32 Å². The van der Waals surface area contributed by atoms with Gasteiger partial charge in [0.2, 0.25) is 0 Å². The smallest absolute Gasteiger partial charge is 0.255 e. The average Bonchev–Trinajstić information content (AvgIpc) is 2.84. The fourth-order valence-electron chi connectivity index (χ4n) is 2.55. The number of nitrogens with zero attached hydrogens (tertiary/aromatic N) is 3. The standard InChI is InChI=1S/C14H21ClN4O/c1-16-13-7-11(12(15)8-17-13)14(20)19(3)9-10-5-4-6-18(10)2/h7-8,10H,4-6,9H2,1-3H3,(H,16,17). The minimum absolute atomic E-state index is 0.0609. The molecule has 20 heavy (non-hydrogen) atoms. The molecule has 1 unspecified atom stereocenters. The summed E-state index contributed by atoms with van der Waals surface area (Å²) in [6.45, 7) is 1.83. The molecule has 6 heteroatoms. The van der Waals surface area contributed by atoms with E-state index in [4.69, 9.17) is 11.6 Å². The van der Waals surface area contributed by atoms with Gasteiger partial charge in [-0.05, 0) is 32.5 Å². The minimum Gasteiger partial charge on any atom is -0.373 e. The molecule has 1 N–H and O–H groups in total. The Labute approximate surface area is 124 Å². The largest absolute Gasteiger partial charge is 0.373 e. The SMILES string of the molecule is CNc1cc(C(=O)N(C)CC2CCCN2C)c(Cl)cn1. The zero-order chi connectivity index (χ0) is 14.7. The van der Waals surface area contributed by atoms with E-state index in [9.17, 15) is 4.79 Å². The van der Waals surface area contributed by atoms with Gasteiger partial charge in [-0.15, -0.1) is 0 Å². The van der Waals surface area contributed by atoms with Crippen LogP contribution in [0.1, 0.15) is 23.2 Å². The highest BCUT2D eigenvalue weighted by atomic mass is 35.5. The molecule has 1 fully saturated rings. The van der Waals surface area contributed by atoms with Gasteiger partial charge in [0, 0.05) is 32.9 Å². The van der Waals surface area contributed by atoms with Crippen LogP contribution in [0.4, 0.5) is 5.82 Å². The predicted octanol–water partition coefficient (Wildman–Crippen LogP) is 1.94. The number of nitrogens with one attached hydrogen (secondary N) is 1. The number of likely N-dealkylation sites (tertiary alicyclic amines) is 1. The fourth-order valence-corrected chi connectivity index (χ4v) is 2.74. The maximum absolute atomic E-state index is 12.5. The molecular formula is C14H21ClN4O. The monoisotopic (exact) mass is 296 g/mol. The molecular weight excluding hydrogens is 276 g/mol. The molecule has 2 heterocycles. The third-order valence-electron chi connectivity index (χ3n) is 3.84. The summed E-state index contributed by atoms with van der Waals surface area (Å²) in [5.41, 5.74) is 0.495. The van der Waals surface area contributed by atoms with E-state index >= 15 is 0 Å². The van der Waals surface area contributed by atoms with Crippen molar-refractivity contribution in [3.63, 3.8) is 0 Å². The lowest BCUT2D eigenvalue weighted by Gasteiger charge is -2.26. The van der Waals surface area contributed by atoms with Crippen LogP contribution in [0.15, 0.2) is 12.3 Å². The predicted molar refractivity (Wildman–Crippen MR) is 81.4 cm³/mol. The Morgan fingerprint density at radius 2 is 2.40 bits per heavy atom. The van der Waals surface area contributed by atoms with Gasteiger partial charge in [-0.2, -0.15) is 0 Å². The summed E-state index contributed by atoms with van der Waals surface area (Å²) in [5.74, 6) is 0.582. The van der Waals surface area contributed by atoms with Gasteiger partial charge in [0.1, 0.15) is 5.82 Å². The second-order valence-electron chi connectivity index (χ2n) is 5.26. The van der Waals surface area contributed by atoms with Crippen molar-refractivity contribution in [1.82, 2.24) is 14.8 Å². The summed E-state index contributed by atoms with van der Waals surface area (Å²) in [7, 11) is 5.69. The lowest BCUT2D eigenvalue weighted by Crippen LogP contribution is -2.39. The van der Waals surface area contributed by atoms with Gasteiger partial charge in [-0.1, -0.05) is 11.6 Å². The average molecular weight is 297 g/mol. The number of amides is 1. The van der Waals surface area contributed by atoms with E-state index in [0.717, 1.165) is 19.5 Å². The first-order valence-electron chi connectivity index (χ1n) is 6.82. The molecule has 0 saturated carbocycles. The zero-order valence-corrected chi connectivity index (χ0v) is 12.9. The van der Waals surface area contributed by atoms with Crippen molar-refractivity contribution < 1.29 is 4.79 Å². The Balaban J connectivity index is 2.10. The van der Waals surface area contributed by atoms with Gasteiger partial charge in [0.25, 0.3) is 5.91 Å². The van der Waals surface area contributed by atoms with E-state index in [0.29, 0.717) is 22.4 Å². The number of hydrogen-bond acceptors (Lipinski definition) is 4. The number of carbonyl (C=O) groups is 1. The van der Waals surface area contributed by atoms with Crippen molar-refractivity contribution in [2.24, 2.45) is 0 Å². The molecule has 5 nitrogen and oxygen atoms in total. The van der Waals surface area contributed by atoms with Gasteiger partial charge in [0.05, 0.1) is 10.6 Å². The number of anilines is 1. The van der Waals surface area contributed by atoms with Crippen LogP contribution >= 0.6 is 11.6 Å². The number of aromatic nitrogens is 1. The van der Waals surface area contributed by atoms with E-state index in [1.54, 1.807) is 18.0 Å². The van der Waals surface area contributed by atoms with Crippen molar-refractivity contribution in [3.8, 4) is 0 Å². The van der Waals surface area contributed by atoms with Crippen molar-refractivity contribution in [1.29, 1.82) is 0 Å². The van der Waals surface area contributed by atoms with Crippen molar-refractivity contribution >= 4 is 23.3 Å². The van der Waals surface area contributed by atoms with Crippen molar-refractivity contribution in [2.75, 3.05) is 39.5 Å². The minimum atomic E-state index is -0.0609. The first-order valence-corrected chi connectivity index (χ1v) is 7.19. The number of pyridine rings is 1. The number of carbonyl (C=O) groups excluding carboxylic acids is 1. The van der Waals surface area contributed by atoms with Crippen LogP contribution in [-0.2, 0) is 0 Å². The summed E-state index contributed by atoms with van der Waals surface area (Å²) < 4.78 is 0. The Bertz CT molecular complexity index is 494. The highest BCUT2D eigenvalue weighted by Crippen LogP contribution is 2.21. The van der Waals surface area contributed by atoms with Crippen LogP contribution in [-0.4, -0.2) is 61.0 Å². The van der Waals surface area contributed by atoms with Gasteiger partial charge in [-0.25, -0.2) is 4.98 Å². The molecule has 1 aliphatic rings. The van der Waals surface area contributed by atoms with Crippen molar-refractivity contribution in [3.05, 3.63) is 22.8 Å². The van der Waals surface area contributed by atoms with Gasteiger partial charge < -0.3 is 15.1 Å². The number of halogens is 1. The molecule has 1 aliphatic heterocycles. The number of rotatable bonds is 4. The van der Waals surface area contributed by atoms with Gasteiger partial charge in [0.15, 0.2) is 0 Å². The molecule has 1 amide bonds. The topological polar surface area (TPSA) is 48.5 Å². The fraction of sp³-hybridized carbons (Fsp3) is 0.571. The third kappa shape index (κ3) is 3.22. The summed E-state index contributed by atoms with van der Waals surface area (Å²) >= 11 is 6.09. The molecule has 2 rings (SSSR count). The summed E-state index contributed by atoms with van der Waals surface area (Å²) in [4.78, 5) is 20.6. The molecule has 1 atom stereocenters. The van der Waals surface area contributed by atoms with Crippen molar-refractivity contribution in [2.45, 2.75) is 18.9 Å². The maximum Gasteiger partial charge on any atom is 0.255 e. The second-order valence-corrected chi connectivity index (χ2v) is 5.67. The first-order chi connectivity index (χ1) is 9.52. The van der Waals surface area contributed by atoms with E-state index in [2.05, 4.69) is 22.2 Å². The van der Waals surface area contributed by atoms with Gasteiger partial charge in [-0.3, -0.25) is 4.79 Å². The highest BCUT2D eigenvalue weighted by molar-refractivity contribution is 6.33. The maximum atomic E-state index is 12.5. The highest BCUT2D eigenvalue weighted by Gasteiger charge is 2.25. The zero-order valence-electron chi connectivity index (χ0n) is 12.2. The first kappa shape index (κ1) is 15.1. The summed E-state index contributed by atoms with van der Waals surface area (Å²) in [6.07, 6.45) is 3.85. The summed E-state index contributed by atoms with van der Waals surface area (Å²) in [6, 6.07) is 2.13. The second kappa shape index (κ2) is 6.41. The van der Waals surface area contributed by atoms with Crippen LogP contribution in [0.2, 0.25) is 5.02 Å². The van der Waals surface area contributed by atoms with Crippen LogP contribution in [0.25, 0.3) is 0 Å². The van der Waals surface area contributed by atoms with E-state index in [1.165, 1.54) is 12.6 Å².